The topological polar surface area (TPSA) is 104 Å². The zero-order chi connectivity index (χ0) is 16.2. The number of piperidine rings is 1. The maximum absolute atomic E-state index is 12.2. The zero-order valence-corrected chi connectivity index (χ0v) is 13.5. The first-order chi connectivity index (χ1) is 9.66. The molecule has 7 nitrogen and oxygen atoms in total. The minimum Gasteiger partial charge on any atom is -0.480 e. The van der Waals surface area contributed by atoms with Crippen LogP contribution in [0.5, 0.6) is 0 Å². The number of hydrogen-bond donors (Lipinski definition) is 2. The van der Waals surface area contributed by atoms with Gasteiger partial charge in [-0.25, -0.2) is 17.5 Å². The van der Waals surface area contributed by atoms with E-state index in [2.05, 4.69) is 5.32 Å². The first kappa shape index (κ1) is 17.9. The summed E-state index contributed by atoms with van der Waals surface area (Å²) in [6.45, 7) is 4.16. The second-order valence-electron chi connectivity index (χ2n) is 5.67. The van der Waals surface area contributed by atoms with Crippen LogP contribution in [0, 0.1) is 11.8 Å². The van der Waals surface area contributed by atoms with Crippen LogP contribution >= 0.6 is 0 Å². The molecule has 122 valence electrons. The molecule has 0 radical (unpaired) electrons. The van der Waals surface area contributed by atoms with Gasteiger partial charge in [-0.1, -0.05) is 20.3 Å². The van der Waals surface area contributed by atoms with Crippen LogP contribution in [0.15, 0.2) is 0 Å². The zero-order valence-electron chi connectivity index (χ0n) is 12.7. The fraction of sp³-hybridized carbons (Fsp3) is 0.846. The normalized spacial score (nSPS) is 23.3. The Morgan fingerprint density at radius 1 is 1.43 bits per heavy atom. The third-order valence-corrected chi connectivity index (χ3v) is 5.27. The number of nitrogens with zero attached hydrogens (tertiary/aromatic N) is 1. The summed E-state index contributed by atoms with van der Waals surface area (Å²) in [6.07, 6.45) is 2.93. The number of carbonyl (C=O) groups is 2. The summed E-state index contributed by atoms with van der Waals surface area (Å²) < 4.78 is 24.4. The molecule has 0 bridgehead atoms. The number of rotatable bonds is 6. The minimum atomic E-state index is -3.32. The van der Waals surface area contributed by atoms with Gasteiger partial charge in [-0.2, -0.15) is 0 Å². The molecule has 0 aliphatic carbocycles. The fourth-order valence-electron chi connectivity index (χ4n) is 2.41. The van der Waals surface area contributed by atoms with E-state index in [9.17, 15) is 23.1 Å². The van der Waals surface area contributed by atoms with Gasteiger partial charge in [0.05, 0.1) is 12.2 Å². The smallest absolute Gasteiger partial charge is 0.326 e. The van der Waals surface area contributed by atoms with Gasteiger partial charge in [0, 0.05) is 13.1 Å². The van der Waals surface area contributed by atoms with Gasteiger partial charge in [-0.15, -0.1) is 0 Å². The predicted octanol–water partition coefficient (Wildman–Crippen LogP) is 0.274. The number of aliphatic carboxylic acids is 1. The molecule has 2 N–H and O–H groups in total. The Bertz CT molecular complexity index is 491. The molecular weight excluding hydrogens is 296 g/mol. The molecular formula is C13H24N2O5S. The fourth-order valence-corrected chi connectivity index (χ4v) is 3.32. The molecule has 0 unspecified atom stereocenters. The third kappa shape index (κ3) is 4.96. The molecule has 1 aliphatic heterocycles. The van der Waals surface area contributed by atoms with Crippen molar-refractivity contribution in [2.24, 2.45) is 11.8 Å². The number of carboxylic acids is 1. The summed E-state index contributed by atoms with van der Waals surface area (Å²) in [7, 11) is -3.32. The Hall–Kier alpha value is -1.15. The van der Waals surface area contributed by atoms with E-state index >= 15 is 0 Å². The number of sulfonamides is 1. The average Bonchev–Trinajstić information content (AvgIpc) is 2.42. The lowest BCUT2D eigenvalue weighted by Gasteiger charge is -2.31. The Morgan fingerprint density at radius 3 is 2.52 bits per heavy atom. The van der Waals surface area contributed by atoms with Crippen molar-refractivity contribution in [1.29, 1.82) is 0 Å². The number of nitrogens with one attached hydrogen (secondary N) is 1. The summed E-state index contributed by atoms with van der Waals surface area (Å²) in [6, 6.07) is -0.934. The van der Waals surface area contributed by atoms with Crippen molar-refractivity contribution in [2.45, 2.75) is 39.2 Å². The molecule has 1 fully saturated rings. The van der Waals surface area contributed by atoms with Gasteiger partial charge >= 0.3 is 5.97 Å². The Balaban J connectivity index is 2.72. The Labute approximate surface area is 125 Å². The minimum absolute atomic E-state index is 0.123. The van der Waals surface area contributed by atoms with Crippen molar-refractivity contribution in [3.8, 4) is 0 Å². The largest absolute Gasteiger partial charge is 0.480 e. The average molecular weight is 320 g/mol. The van der Waals surface area contributed by atoms with E-state index in [1.165, 1.54) is 4.31 Å². The van der Waals surface area contributed by atoms with Crippen molar-refractivity contribution in [3.63, 3.8) is 0 Å². The van der Waals surface area contributed by atoms with E-state index in [4.69, 9.17) is 0 Å². The standard InChI is InChI=1S/C13H24N2O5S/c1-4-9(2)11(13(17)18)14-12(16)10-6-5-7-15(8-10)21(3,19)20/h9-11H,4-8H2,1-3H3,(H,14,16)(H,17,18)/t9-,10-,11-/m0/s1. The van der Waals surface area contributed by atoms with Gasteiger partial charge in [-0.05, 0) is 18.8 Å². The van der Waals surface area contributed by atoms with Crippen LogP contribution in [0.1, 0.15) is 33.1 Å². The van der Waals surface area contributed by atoms with E-state index in [-0.39, 0.29) is 18.4 Å². The summed E-state index contributed by atoms with van der Waals surface area (Å²) in [5.41, 5.74) is 0. The molecule has 1 amide bonds. The van der Waals surface area contributed by atoms with Crippen LogP contribution in [0.2, 0.25) is 0 Å². The van der Waals surface area contributed by atoms with Crippen LogP contribution in [-0.4, -0.2) is 55.1 Å². The van der Waals surface area contributed by atoms with Crippen molar-refractivity contribution in [3.05, 3.63) is 0 Å². The molecule has 0 aromatic heterocycles. The van der Waals surface area contributed by atoms with Gasteiger partial charge in [-0.3, -0.25) is 4.79 Å². The molecule has 1 saturated heterocycles. The van der Waals surface area contributed by atoms with Crippen molar-refractivity contribution >= 4 is 21.9 Å². The van der Waals surface area contributed by atoms with Crippen molar-refractivity contribution in [1.82, 2.24) is 9.62 Å². The summed E-state index contributed by atoms with van der Waals surface area (Å²) in [4.78, 5) is 23.4. The molecule has 3 atom stereocenters. The molecule has 8 heteroatoms. The first-order valence-corrected chi connectivity index (χ1v) is 9.00. The Kier molecular flexibility index (Phi) is 6.15. The van der Waals surface area contributed by atoms with Crippen LogP contribution in [0.3, 0.4) is 0 Å². The van der Waals surface area contributed by atoms with Crippen LogP contribution < -0.4 is 5.32 Å². The van der Waals surface area contributed by atoms with Crippen molar-refractivity contribution in [2.75, 3.05) is 19.3 Å². The van der Waals surface area contributed by atoms with E-state index in [0.717, 1.165) is 6.26 Å². The maximum atomic E-state index is 12.2. The number of amides is 1. The number of carboxylic acid groups (broad SMARTS) is 1. The Morgan fingerprint density at radius 2 is 2.05 bits per heavy atom. The molecule has 1 heterocycles. The highest BCUT2D eigenvalue weighted by atomic mass is 32.2. The monoisotopic (exact) mass is 320 g/mol. The third-order valence-electron chi connectivity index (χ3n) is 4.00. The van der Waals surface area contributed by atoms with E-state index in [1.807, 2.05) is 6.92 Å². The van der Waals surface area contributed by atoms with Crippen LogP contribution in [0.25, 0.3) is 0 Å². The molecule has 0 spiro atoms. The lowest BCUT2D eigenvalue weighted by Crippen LogP contribution is -2.51. The molecule has 1 aliphatic rings. The van der Waals surface area contributed by atoms with Crippen molar-refractivity contribution < 1.29 is 23.1 Å². The number of hydrogen-bond acceptors (Lipinski definition) is 4. The van der Waals surface area contributed by atoms with E-state index < -0.39 is 28.0 Å². The predicted molar refractivity (Wildman–Crippen MR) is 78.2 cm³/mol. The highest BCUT2D eigenvalue weighted by molar-refractivity contribution is 7.88. The van der Waals surface area contributed by atoms with Gasteiger partial charge in [0.15, 0.2) is 0 Å². The lowest BCUT2D eigenvalue weighted by atomic mass is 9.95. The van der Waals surface area contributed by atoms with Gasteiger partial charge in [0.25, 0.3) is 0 Å². The second-order valence-corrected chi connectivity index (χ2v) is 7.65. The lowest BCUT2D eigenvalue weighted by molar-refractivity contribution is -0.144. The summed E-state index contributed by atoms with van der Waals surface area (Å²) >= 11 is 0. The summed E-state index contributed by atoms with van der Waals surface area (Å²) in [5.74, 6) is -2.11. The molecule has 0 saturated carbocycles. The van der Waals surface area contributed by atoms with Gasteiger partial charge in [0.1, 0.15) is 6.04 Å². The molecule has 1 rings (SSSR count). The van der Waals surface area contributed by atoms with Crippen LogP contribution in [0.4, 0.5) is 0 Å². The quantitative estimate of drug-likeness (QED) is 0.731. The highest BCUT2D eigenvalue weighted by Gasteiger charge is 2.33. The summed E-state index contributed by atoms with van der Waals surface area (Å²) in [5, 5.41) is 11.7. The van der Waals surface area contributed by atoms with E-state index in [1.54, 1.807) is 6.92 Å². The van der Waals surface area contributed by atoms with Crippen LogP contribution in [-0.2, 0) is 19.6 Å². The first-order valence-electron chi connectivity index (χ1n) is 7.15. The molecule has 0 aromatic rings. The molecule has 0 aromatic carbocycles. The SMILES string of the molecule is CC[C@H](C)[C@H](NC(=O)[C@H]1CCCN(S(C)(=O)=O)C1)C(=O)O. The van der Waals surface area contributed by atoms with E-state index in [0.29, 0.717) is 25.8 Å². The molecule has 21 heavy (non-hydrogen) atoms. The van der Waals surface area contributed by atoms with Gasteiger partial charge in [0.2, 0.25) is 15.9 Å². The maximum Gasteiger partial charge on any atom is 0.326 e. The van der Waals surface area contributed by atoms with Gasteiger partial charge < -0.3 is 10.4 Å². The highest BCUT2D eigenvalue weighted by Crippen LogP contribution is 2.19. The number of carbonyl (C=O) groups excluding carboxylic acids is 1. The second kappa shape index (κ2) is 7.22.